The molecule has 3 aromatic rings. The molecule has 0 radical (unpaired) electrons. The second-order valence-electron chi connectivity index (χ2n) is 5.79. The smallest absolute Gasteiger partial charge is 0.137 e. The number of aromatic amines is 1. The van der Waals surface area contributed by atoms with Crippen LogP contribution in [0.2, 0.25) is 0 Å². The molecule has 102 valence electrons. The van der Waals surface area contributed by atoms with Crippen LogP contribution < -0.4 is 0 Å². The van der Waals surface area contributed by atoms with Crippen LogP contribution in [0.15, 0.2) is 47.0 Å². The van der Waals surface area contributed by atoms with Gasteiger partial charge in [0.2, 0.25) is 0 Å². The van der Waals surface area contributed by atoms with Crippen molar-refractivity contribution in [3.63, 3.8) is 0 Å². The highest BCUT2D eigenvalue weighted by atomic mass is 16.4. The largest absolute Gasteiger partial charge is 0.463 e. The molecule has 0 amide bonds. The van der Waals surface area contributed by atoms with Gasteiger partial charge in [0.15, 0.2) is 0 Å². The summed E-state index contributed by atoms with van der Waals surface area (Å²) < 4.78 is 5.83. The Morgan fingerprint density at radius 1 is 1.25 bits per heavy atom. The molecule has 0 bridgehead atoms. The van der Waals surface area contributed by atoms with E-state index in [9.17, 15) is 5.11 Å². The van der Waals surface area contributed by atoms with E-state index in [4.69, 9.17) is 4.42 Å². The Labute approximate surface area is 117 Å². The molecule has 3 heteroatoms. The van der Waals surface area contributed by atoms with Crippen molar-refractivity contribution in [2.75, 3.05) is 0 Å². The van der Waals surface area contributed by atoms with Gasteiger partial charge in [-0.05, 0) is 53.6 Å². The van der Waals surface area contributed by atoms with Crippen LogP contribution in [-0.2, 0) is 0 Å². The molecule has 3 unspecified atom stereocenters. The van der Waals surface area contributed by atoms with E-state index in [0.717, 1.165) is 22.2 Å². The van der Waals surface area contributed by atoms with Crippen LogP contribution in [0.3, 0.4) is 0 Å². The first-order valence-electron chi connectivity index (χ1n) is 7.07. The van der Waals surface area contributed by atoms with Crippen LogP contribution in [0.1, 0.15) is 42.5 Å². The second kappa shape index (κ2) is 4.25. The van der Waals surface area contributed by atoms with Crippen LogP contribution in [0.25, 0.3) is 10.9 Å². The minimum absolute atomic E-state index is 0.545. The van der Waals surface area contributed by atoms with Crippen molar-refractivity contribution in [3.8, 4) is 0 Å². The number of aliphatic hydroxyl groups is 1. The fourth-order valence-corrected chi connectivity index (χ4v) is 2.84. The summed E-state index contributed by atoms with van der Waals surface area (Å²) in [5.74, 6) is 2.90. The summed E-state index contributed by atoms with van der Waals surface area (Å²) >= 11 is 0. The number of H-pyrrole nitrogens is 1. The van der Waals surface area contributed by atoms with Gasteiger partial charge in [-0.25, -0.2) is 0 Å². The normalized spacial score (nSPS) is 23.1. The zero-order valence-corrected chi connectivity index (χ0v) is 11.3. The van der Waals surface area contributed by atoms with E-state index in [0.29, 0.717) is 17.6 Å². The predicted octanol–water partition coefficient (Wildman–Crippen LogP) is 3.97. The minimum Gasteiger partial charge on any atom is -0.463 e. The molecule has 0 saturated heterocycles. The number of benzene rings is 1. The third-order valence-electron chi connectivity index (χ3n) is 4.29. The lowest BCUT2D eigenvalue weighted by Crippen LogP contribution is -1.97. The number of hydrogen-bond donors (Lipinski definition) is 2. The van der Waals surface area contributed by atoms with Gasteiger partial charge >= 0.3 is 0 Å². The van der Waals surface area contributed by atoms with Crippen molar-refractivity contribution in [1.29, 1.82) is 0 Å². The van der Waals surface area contributed by atoms with E-state index in [1.807, 2.05) is 42.6 Å². The Balaban J connectivity index is 1.65. The molecule has 1 aliphatic rings. The Kier molecular flexibility index (Phi) is 2.51. The molecule has 1 aromatic carbocycles. The summed E-state index contributed by atoms with van der Waals surface area (Å²) in [6, 6.07) is 11.8. The van der Waals surface area contributed by atoms with E-state index in [2.05, 4.69) is 11.9 Å². The van der Waals surface area contributed by atoms with Crippen LogP contribution in [0, 0.1) is 5.92 Å². The number of nitrogens with one attached hydrogen (secondary N) is 1. The van der Waals surface area contributed by atoms with Crippen LogP contribution >= 0.6 is 0 Å². The Morgan fingerprint density at radius 2 is 2.10 bits per heavy atom. The molecule has 1 aliphatic carbocycles. The topological polar surface area (TPSA) is 49.2 Å². The van der Waals surface area contributed by atoms with Crippen molar-refractivity contribution in [3.05, 3.63) is 59.7 Å². The van der Waals surface area contributed by atoms with Crippen molar-refractivity contribution in [1.82, 2.24) is 4.98 Å². The van der Waals surface area contributed by atoms with E-state index >= 15 is 0 Å². The van der Waals surface area contributed by atoms with Gasteiger partial charge in [-0.15, -0.1) is 0 Å². The Morgan fingerprint density at radius 3 is 2.90 bits per heavy atom. The summed E-state index contributed by atoms with van der Waals surface area (Å²) in [6.07, 6.45) is 2.40. The standard InChI is InChI=1S/C17H17NO2/c1-10-8-13(10)15-4-5-16(20-15)17(19)12-2-3-14-11(9-12)6-7-18-14/h2-7,9-10,13,17-19H,8H2,1H3. The second-order valence-corrected chi connectivity index (χ2v) is 5.79. The molecule has 2 aromatic heterocycles. The predicted molar refractivity (Wildman–Crippen MR) is 77.6 cm³/mol. The summed E-state index contributed by atoms with van der Waals surface area (Å²) in [4.78, 5) is 3.15. The van der Waals surface area contributed by atoms with E-state index in [1.54, 1.807) is 0 Å². The first-order valence-corrected chi connectivity index (χ1v) is 7.07. The molecule has 4 rings (SSSR count). The van der Waals surface area contributed by atoms with Gasteiger partial charge in [0.1, 0.15) is 17.6 Å². The molecule has 0 aliphatic heterocycles. The van der Waals surface area contributed by atoms with Crippen molar-refractivity contribution in [2.24, 2.45) is 5.92 Å². The highest BCUT2D eigenvalue weighted by Gasteiger charge is 2.37. The summed E-state index contributed by atoms with van der Waals surface area (Å²) in [5.41, 5.74) is 1.94. The van der Waals surface area contributed by atoms with Gasteiger partial charge in [-0.2, -0.15) is 0 Å². The molecule has 1 saturated carbocycles. The lowest BCUT2D eigenvalue weighted by Gasteiger charge is -2.08. The molecule has 3 atom stereocenters. The summed E-state index contributed by atoms with van der Waals surface area (Å²) in [5, 5.41) is 11.6. The van der Waals surface area contributed by atoms with Gasteiger partial charge in [0, 0.05) is 17.6 Å². The van der Waals surface area contributed by atoms with Crippen molar-refractivity contribution in [2.45, 2.75) is 25.4 Å². The third kappa shape index (κ3) is 1.86. The van der Waals surface area contributed by atoms with Crippen LogP contribution in [0.5, 0.6) is 0 Å². The lowest BCUT2D eigenvalue weighted by molar-refractivity contribution is 0.187. The van der Waals surface area contributed by atoms with E-state index in [-0.39, 0.29) is 0 Å². The maximum absolute atomic E-state index is 10.5. The number of hydrogen-bond acceptors (Lipinski definition) is 2. The first-order chi connectivity index (χ1) is 9.72. The number of fused-ring (bicyclic) bond motifs is 1. The third-order valence-corrected chi connectivity index (χ3v) is 4.29. The summed E-state index contributed by atoms with van der Waals surface area (Å²) in [6.45, 7) is 2.23. The average molecular weight is 267 g/mol. The Bertz CT molecular complexity index is 755. The van der Waals surface area contributed by atoms with Crippen molar-refractivity contribution >= 4 is 10.9 Å². The van der Waals surface area contributed by atoms with Gasteiger partial charge in [0.05, 0.1) is 0 Å². The zero-order valence-electron chi connectivity index (χ0n) is 11.3. The van der Waals surface area contributed by atoms with Gasteiger partial charge in [0.25, 0.3) is 0 Å². The van der Waals surface area contributed by atoms with E-state index < -0.39 is 6.10 Å². The number of furan rings is 1. The summed E-state index contributed by atoms with van der Waals surface area (Å²) in [7, 11) is 0. The lowest BCUT2D eigenvalue weighted by atomic mass is 10.1. The van der Waals surface area contributed by atoms with Gasteiger partial charge < -0.3 is 14.5 Å². The highest BCUT2D eigenvalue weighted by Crippen LogP contribution is 2.47. The average Bonchev–Trinajstić information content (AvgIpc) is 2.91. The van der Waals surface area contributed by atoms with Crippen LogP contribution in [0.4, 0.5) is 0 Å². The molecule has 3 nitrogen and oxygen atoms in total. The van der Waals surface area contributed by atoms with E-state index in [1.165, 1.54) is 6.42 Å². The highest BCUT2D eigenvalue weighted by molar-refractivity contribution is 5.80. The van der Waals surface area contributed by atoms with Crippen LogP contribution in [-0.4, -0.2) is 10.1 Å². The minimum atomic E-state index is -0.697. The van der Waals surface area contributed by atoms with Crippen molar-refractivity contribution < 1.29 is 9.52 Å². The Hall–Kier alpha value is -2.00. The number of aliphatic hydroxyl groups excluding tert-OH is 1. The number of rotatable bonds is 3. The quantitative estimate of drug-likeness (QED) is 0.754. The first kappa shape index (κ1) is 11.8. The maximum Gasteiger partial charge on any atom is 0.137 e. The monoisotopic (exact) mass is 267 g/mol. The number of aromatic nitrogens is 1. The fraction of sp³-hybridized carbons (Fsp3) is 0.294. The zero-order chi connectivity index (χ0) is 13.7. The van der Waals surface area contributed by atoms with Gasteiger partial charge in [-0.3, -0.25) is 0 Å². The molecular weight excluding hydrogens is 250 g/mol. The molecular formula is C17H17NO2. The molecule has 2 N–H and O–H groups in total. The van der Waals surface area contributed by atoms with Gasteiger partial charge in [-0.1, -0.05) is 13.0 Å². The fourth-order valence-electron chi connectivity index (χ4n) is 2.84. The molecule has 2 heterocycles. The molecule has 1 fully saturated rings. The molecule has 0 spiro atoms. The molecule has 20 heavy (non-hydrogen) atoms. The maximum atomic E-state index is 10.5. The SMILES string of the molecule is CC1CC1c1ccc(C(O)c2ccc3[nH]ccc3c2)o1.